The van der Waals surface area contributed by atoms with Crippen molar-refractivity contribution in [1.29, 1.82) is 0 Å². The van der Waals surface area contributed by atoms with Crippen LogP contribution in [0.4, 0.5) is 0 Å². The molecule has 0 amide bonds. The van der Waals surface area contributed by atoms with E-state index in [0.717, 1.165) is 11.5 Å². The first-order valence-electron chi connectivity index (χ1n) is 7.04. The standard InChI is InChI=1S/C19H18OS/c1-21-14-15-9-11-18(12-10-15)20-13-17-7-4-6-16-5-2-3-8-19(16)17/h2-12H,13-14H2,1H3. The Morgan fingerprint density at radius 2 is 1.62 bits per heavy atom. The predicted molar refractivity (Wildman–Crippen MR) is 91.9 cm³/mol. The van der Waals surface area contributed by atoms with Gasteiger partial charge < -0.3 is 4.74 Å². The topological polar surface area (TPSA) is 9.23 Å². The lowest BCUT2D eigenvalue weighted by Gasteiger charge is -2.09. The molecule has 0 aliphatic rings. The molecule has 0 aliphatic heterocycles. The zero-order valence-electron chi connectivity index (χ0n) is 12.1. The number of fused-ring (bicyclic) bond motifs is 1. The minimum absolute atomic E-state index is 0.600. The summed E-state index contributed by atoms with van der Waals surface area (Å²) in [5.41, 5.74) is 2.56. The summed E-state index contributed by atoms with van der Waals surface area (Å²) in [7, 11) is 0. The van der Waals surface area contributed by atoms with Gasteiger partial charge in [-0.05, 0) is 40.3 Å². The van der Waals surface area contributed by atoms with Crippen LogP contribution in [0.1, 0.15) is 11.1 Å². The van der Waals surface area contributed by atoms with E-state index in [1.54, 1.807) is 0 Å². The van der Waals surface area contributed by atoms with Crippen LogP contribution >= 0.6 is 11.8 Å². The molecule has 0 spiro atoms. The Hall–Kier alpha value is -1.93. The van der Waals surface area contributed by atoms with Crippen LogP contribution in [0.3, 0.4) is 0 Å². The molecule has 0 N–H and O–H groups in total. The SMILES string of the molecule is CSCc1ccc(OCc2cccc3ccccc23)cc1. The van der Waals surface area contributed by atoms with E-state index in [4.69, 9.17) is 4.74 Å². The Balaban J connectivity index is 1.74. The van der Waals surface area contributed by atoms with Crippen LogP contribution in [0, 0.1) is 0 Å². The maximum Gasteiger partial charge on any atom is 0.119 e. The lowest BCUT2D eigenvalue weighted by molar-refractivity contribution is 0.307. The van der Waals surface area contributed by atoms with Gasteiger partial charge in [-0.25, -0.2) is 0 Å². The summed E-state index contributed by atoms with van der Waals surface area (Å²) in [6.07, 6.45) is 2.12. The van der Waals surface area contributed by atoms with Gasteiger partial charge in [-0.3, -0.25) is 0 Å². The monoisotopic (exact) mass is 294 g/mol. The third-order valence-electron chi connectivity index (χ3n) is 3.51. The normalized spacial score (nSPS) is 10.7. The van der Waals surface area contributed by atoms with E-state index in [0.29, 0.717) is 6.61 Å². The Bertz CT molecular complexity index is 714. The average molecular weight is 294 g/mol. The number of thioether (sulfide) groups is 1. The number of rotatable bonds is 5. The fourth-order valence-electron chi connectivity index (χ4n) is 2.43. The van der Waals surface area contributed by atoms with Crippen molar-refractivity contribution in [2.75, 3.05) is 6.26 Å². The van der Waals surface area contributed by atoms with Crippen molar-refractivity contribution in [2.24, 2.45) is 0 Å². The van der Waals surface area contributed by atoms with E-state index in [-0.39, 0.29) is 0 Å². The lowest BCUT2D eigenvalue weighted by atomic mass is 10.1. The molecule has 0 radical (unpaired) electrons. The van der Waals surface area contributed by atoms with Gasteiger partial charge in [0, 0.05) is 5.75 Å². The predicted octanol–water partition coefficient (Wildman–Crippen LogP) is 5.28. The summed E-state index contributed by atoms with van der Waals surface area (Å²) in [4.78, 5) is 0. The molecule has 0 aliphatic carbocycles. The lowest BCUT2D eigenvalue weighted by Crippen LogP contribution is -1.96. The Morgan fingerprint density at radius 1 is 0.857 bits per heavy atom. The first kappa shape index (κ1) is 14.0. The Labute approximate surface area is 130 Å². The van der Waals surface area contributed by atoms with Gasteiger partial charge in [-0.15, -0.1) is 0 Å². The molecule has 2 heteroatoms. The number of hydrogen-bond acceptors (Lipinski definition) is 2. The van der Waals surface area contributed by atoms with Crippen LogP contribution in [-0.4, -0.2) is 6.26 Å². The second kappa shape index (κ2) is 6.68. The highest BCUT2D eigenvalue weighted by Gasteiger charge is 2.01. The summed E-state index contributed by atoms with van der Waals surface area (Å²) in [5, 5.41) is 2.52. The highest BCUT2D eigenvalue weighted by atomic mass is 32.2. The third-order valence-corrected chi connectivity index (χ3v) is 4.13. The molecule has 0 saturated heterocycles. The van der Waals surface area contributed by atoms with Crippen molar-refractivity contribution in [3.63, 3.8) is 0 Å². The van der Waals surface area contributed by atoms with E-state index in [1.165, 1.54) is 21.9 Å². The quantitative estimate of drug-likeness (QED) is 0.633. The molecule has 0 heterocycles. The maximum atomic E-state index is 5.93. The molecule has 1 nitrogen and oxygen atoms in total. The van der Waals surface area contributed by atoms with Crippen molar-refractivity contribution < 1.29 is 4.74 Å². The zero-order valence-corrected chi connectivity index (χ0v) is 12.9. The minimum atomic E-state index is 0.600. The summed E-state index contributed by atoms with van der Waals surface area (Å²) in [6, 6.07) is 23.1. The van der Waals surface area contributed by atoms with Gasteiger partial charge in [0.25, 0.3) is 0 Å². The van der Waals surface area contributed by atoms with Crippen molar-refractivity contribution >= 4 is 22.5 Å². The molecule has 0 atom stereocenters. The van der Waals surface area contributed by atoms with Gasteiger partial charge in [0.15, 0.2) is 0 Å². The average Bonchev–Trinajstić information content (AvgIpc) is 2.54. The van der Waals surface area contributed by atoms with Crippen LogP contribution in [0.15, 0.2) is 66.7 Å². The number of ether oxygens (including phenoxy) is 1. The zero-order chi connectivity index (χ0) is 14.5. The second-order valence-corrected chi connectivity index (χ2v) is 5.87. The summed E-state index contributed by atoms with van der Waals surface area (Å²) in [5.74, 6) is 1.97. The molecule has 106 valence electrons. The molecule has 3 aromatic rings. The maximum absolute atomic E-state index is 5.93. The molecule has 0 bridgehead atoms. The van der Waals surface area contributed by atoms with E-state index in [1.807, 2.05) is 11.8 Å². The molecule has 0 unspecified atom stereocenters. The van der Waals surface area contributed by atoms with E-state index in [9.17, 15) is 0 Å². The van der Waals surface area contributed by atoms with Crippen LogP contribution in [-0.2, 0) is 12.4 Å². The van der Waals surface area contributed by atoms with Crippen molar-refractivity contribution in [3.8, 4) is 5.75 Å². The molecule has 3 aromatic carbocycles. The van der Waals surface area contributed by atoms with E-state index < -0.39 is 0 Å². The number of benzene rings is 3. The van der Waals surface area contributed by atoms with Gasteiger partial charge in [0.1, 0.15) is 12.4 Å². The molecule has 0 fully saturated rings. The highest BCUT2D eigenvalue weighted by Crippen LogP contribution is 2.21. The molecular weight excluding hydrogens is 276 g/mol. The third kappa shape index (κ3) is 3.40. The Morgan fingerprint density at radius 3 is 2.43 bits per heavy atom. The molecule has 21 heavy (non-hydrogen) atoms. The van der Waals surface area contributed by atoms with Gasteiger partial charge in [0.2, 0.25) is 0 Å². The largest absolute Gasteiger partial charge is 0.489 e. The molecule has 0 aromatic heterocycles. The molecule has 0 saturated carbocycles. The van der Waals surface area contributed by atoms with Crippen LogP contribution < -0.4 is 4.74 Å². The van der Waals surface area contributed by atoms with Gasteiger partial charge in [-0.1, -0.05) is 54.6 Å². The van der Waals surface area contributed by atoms with Crippen LogP contribution in [0.2, 0.25) is 0 Å². The first-order chi connectivity index (χ1) is 10.4. The van der Waals surface area contributed by atoms with E-state index in [2.05, 4.69) is 73.0 Å². The van der Waals surface area contributed by atoms with Crippen molar-refractivity contribution in [2.45, 2.75) is 12.4 Å². The molecular formula is C19H18OS. The summed E-state index contributed by atoms with van der Waals surface area (Å²) in [6.45, 7) is 0.600. The molecule has 3 rings (SSSR count). The Kier molecular flexibility index (Phi) is 4.46. The fraction of sp³-hybridized carbons (Fsp3) is 0.158. The summed E-state index contributed by atoms with van der Waals surface area (Å²) < 4.78 is 5.93. The van der Waals surface area contributed by atoms with Gasteiger partial charge in [0.05, 0.1) is 0 Å². The minimum Gasteiger partial charge on any atom is -0.489 e. The second-order valence-electron chi connectivity index (χ2n) is 5.00. The smallest absolute Gasteiger partial charge is 0.119 e. The van der Waals surface area contributed by atoms with Crippen molar-refractivity contribution in [1.82, 2.24) is 0 Å². The first-order valence-corrected chi connectivity index (χ1v) is 8.43. The van der Waals surface area contributed by atoms with Crippen LogP contribution in [0.5, 0.6) is 5.75 Å². The number of hydrogen-bond donors (Lipinski definition) is 0. The van der Waals surface area contributed by atoms with E-state index >= 15 is 0 Å². The fourth-order valence-corrected chi connectivity index (χ4v) is 2.95. The van der Waals surface area contributed by atoms with Gasteiger partial charge in [-0.2, -0.15) is 11.8 Å². The highest BCUT2D eigenvalue weighted by molar-refractivity contribution is 7.97. The van der Waals surface area contributed by atoms with Crippen LogP contribution in [0.25, 0.3) is 10.8 Å². The van der Waals surface area contributed by atoms with Crippen molar-refractivity contribution in [3.05, 3.63) is 77.9 Å². The summed E-state index contributed by atoms with van der Waals surface area (Å²) >= 11 is 1.83. The van der Waals surface area contributed by atoms with Gasteiger partial charge >= 0.3 is 0 Å².